The zero-order valence-electron chi connectivity index (χ0n) is 11.4. The summed E-state index contributed by atoms with van der Waals surface area (Å²) in [7, 11) is 3.49. The van der Waals surface area contributed by atoms with Crippen molar-refractivity contribution in [3.8, 4) is 0 Å². The van der Waals surface area contributed by atoms with E-state index in [9.17, 15) is 0 Å². The Hall–Kier alpha value is -1.02. The van der Waals surface area contributed by atoms with Crippen molar-refractivity contribution in [2.24, 2.45) is 5.92 Å². The molecule has 0 saturated heterocycles. The molecule has 1 aliphatic carbocycles. The molecule has 0 bridgehead atoms. The molecule has 2 nitrogen and oxygen atoms in total. The second-order valence-electron chi connectivity index (χ2n) is 4.63. The van der Waals surface area contributed by atoms with E-state index in [2.05, 4.69) is 38.2 Å². The summed E-state index contributed by atoms with van der Waals surface area (Å²) < 4.78 is 10.6. The second kappa shape index (κ2) is 7.33. The van der Waals surface area contributed by atoms with Gasteiger partial charge in [-0.05, 0) is 38.2 Å². The monoisotopic (exact) mass is 236 g/mol. The van der Waals surface area contributed by atoms with Crippen LogP contribution in [0.4, 0.5) is 0 Å². The van der Waals surface area contributed by atoms with Crippen molar-refractivity contribution in [3.05, 3.63) is 35.6 Å². The van der Waals surface area contributed by atoms with Crippen LogP contribution in [0.1, 0.15) is 33.1 Å². The van der Waals surface area contributed by atoms with Crippen molar-refractivity contribution < 1.29 is 9.47 Å². The van der Waals surface area contributed by atoms with Crippen LogP contribution >= 0.6 is 0 Å². The van der Waals surface area contributed by atoms with E-state index in [1.807, 2.05) is 0 Å². The molecule has 0 N–H and O–H groups in total. The fourth-order valence-electron chi connectivity index (χ4n) is 1.87. The van der Waals surface area contributed by atoms with Gasteiger partial charge in [-0.3, -0.25) is 0 Å². The van der Waals surface area contributed by atoms with Gasteiger partial charge < -0.3 is 9.47 Å². The average molecular weight is 236 g/mol. The Morgan fingerprint density at radius 3 is 2.88 bits per heavy atom. The topological polar surface area (TPSA) is 18.5 Å². The van der Waals surface area contributed by atoms with Gasteiger partial charge in [0.1, 0.15) is 5.76 Å². The van der Waals surface area contributed by atoms with E-state index < -0.39 is 0 Å². The third-order valence-electron chi connectivity index (χ3n) is 3.08. The molecule has 0 aromatic heterocycles. The Labute approximate surface area is 105 Å². The van der Waals surface area contributed by atoms with Gasteiger partial charge in [0.2, 0.25) is 0 Å². The maximum Gasteiger partial charge on any atom is 0.121 e. The number of allylic oxidation sites excluding steroid dienone is 4. The van der Waals surface area contributed by atoms with E-state index in [-0.39, 0.29) is 0 Å². The van der Waals surface area contributed by atoms with E-state index in [4.69, 9.17) is 9.47 Å². The Bertz CT molecular complexity index is 313. The van der Waals surface area contributed by atoms with Gasteiger partial charge in [-0.1, -0.05) is 25.2 Å². The molecule has 2 atom stereocenters. The summed E-state index contributed by atoms with van der Waals surface area (Å²) in [6.45, 7) is 4.32. The lowest BCUT2D eigenvalue weighted by molar-refractivity contribution is 0.112. The molecule has 96 valence electrons. The Kier molecular flexibility index (Phi) is 6.06. The molecule has 0 amide bonds. The fourth-order valence-corrected chi connectivity index (χ4v) is 1.87. The molecule has 0 aromatic rings. The molecule has 0 spiro atoms. The highest BCUT2D eigenvalue weighted by molar-refractivity contribution is 5.38. The predicted octanol–water partition coefficient (Wildman–Crippen LogP) is 3.85. The summed E-state index contributed by atoms with van der Waals surface area (Å²) >= 11 is 0. The number of rotatable bonds is 6. The maximum atomic E-state index is 5.37. The Morgan fingerprint density at radius 1 is 1.47 bits per heavy atom. The Morgan fingerprint density at radius 2 is 2.24 bits per heavy atom. The molecule has 1 aliphatic rings. The van der Waals surface area contributed by atoms with Crippen molar-refractivity contribution in [1.82, 2.24) is 0 Å². The van der Waals surface area contributed by atoms with E-state index in [0.29, 0.717) is 12.0 Å². The van der Waals surface area contributed by atoms with Crippen LogP contribution in [0.2, 0.25) is 0 Å². The molecule has 0 fully saturated rings. The van der Waals surface area contributed by atoms with Gasteiger partial charge in [-0.2, -0.15) is 0 Å². The first-order valence-electron chi connectivity index (χ1n) is 6.33. The van der Waals surface area contributed by atoms with Crippen LogP contribution in [0, 0.1) is 5.92 Å². The SMILES string of the molecule is COC1=CCC(C)C=C1/C=C/CCC(C)OC. The summed E-state index contributed by atoms with van der Waals surface area (Å²) in [5.74, 6) is 1.60. The Balaban J connectivity index is 2.48. The number of hydrogen-bond donors (Lipinski definition) is 0. The van der Waals surface area contributed by atoms with E-state index in [1.165, 1.54) is 5.57 Å². The first kappa shape index (κ1) is 14.0. The summed E-state index contributed by atoms with van der Waals surface area (Å²) in [6.07, 6.45) is 12.3. The normalized spacial score (nSPS) is 22.2. The zero-order chi connectivity index (χ0) is 12.7. The van der Waals surface area contributed by atoms with Crippen LogP contribution in [0.25, 0.3) is 0 Å². The summed E-state index contributed by atoms with van der Waals surface area (Å²) in [5, 5.41) is 0. The molecule has 17 heavy (non-hydrogen) atoms. The molecule has 2 unspecified atom stereocenters. The lowest BCUT2D eigenvalue weighted by Gasteiger charge is -2.16. The van der Waals surface area contributed by atoms with Crippen molar-refractivity contribution in [2.75, 3.05) is 14.2 Å². The van der Waals surface area contributed by atoms with Crippen LogP contribution in [0.5, 0.6) is 0 Å². The fraction of sp³-hybridized carbons (Fsp3) is 0.600. The maximum absolute atomic E-state index is 5.37. The van der Waals surface area contributed by atoms with Gasteiger partial charge in [0.15, 0.2) is 0 Å². The summed E-state index contributed by atoms with van der Waals surface area (Å²) in [4.78, 5) is 0. The van der Waals surface area contributed by atoms with E-state index in [1.54, 1.807) is 14.2 Å². The summed E-state index contributed by atoms with van der Waals surface area (Å²) in [6, 6.07) is 0. The van der Waals surface area contributed by atoms with Crippen LogP contribution in [-0.4, -0.2) is 20.3 Å². The molecule has 0 heterocycles. The molecular formula is C15H24O2. The van der Waals surface area contributed by atoms with Crippen LogP contribution in [-0.2, 0) is 9.47 Å². The first-order valence-corrected chi connectivity index (χ1v) is 6.33. The van der Waals surface area contributed by atoms with Gasteiger partial charge >= 0.3 is 0 Å². The third kappa shape index (κ3) is 4.78. The van der Waals surface area contributed by atoms with Crippen LogP contribution in [0.15, 0.2) is 35.6 Å². The minimum absolute atomic E-state index is 0.330. The minimum Gasteiger partial charge on any atom is -0.496 e. The first-order chi connectivity index (χ1) is 8.17. The highest BCUT2D eigenvalue weighted by atomic mass is 16.5. The molecule has 0 radical (unpaired) electrons. The number of ether oxygens (including phenoxy) is 2. The highest BCUT2D eigenvalue weighted by Gasteiger charge is 2.10. The smallest absolute Gasteiger partial charge is 0.121 e. The molecule has 0 saturated carbocycles. The average Bonchev–Trinajstić information content (AvgIpc) is 2.34. The standard InChI is InChI=1S/C15H24O2/c1-12-9-10-15(17-4)14(11-12)8-6-5-7-13(2)16-3/h6,8,10-13H,5,7,9H2,1-4H3/b8-6+. The third-order valence-corrected chi connectivity index (χ3v) is 3.08. The van der Waals surface area contributed by atoms with Gasteiger partial charge in [-0.25, -0.2) is 0 Å². The van der Waals surface area contributed by atoms with Crippen molar-refractivity contribution >= 4 is 0 Å². The highest BCUT2D eigenvalue weighted by Crippen LogP contribution is 2.24. The zero-order valence-corrected chi connectivity index (χ0v) is 11.4. The van der Waals surface area contributed by atoms with Crippen molar-refractivity contribution in [2.45, 2.75) is 39.2 Å². The quantitative estimate of drug-likeness (QED) is 0.697. The largest absolute Gasteiger partial charge is 0.496 e. The predicted molar refractivity (Wildman–Crippen MR) is 71.8 cm³/mol. The van der Waals surface area contributed by atoms with Gasteiger partial charge in [-0.15, -0.1) is 0 Å². The minimum atomic E-state index is 0.330. The van der Waals surface area contributed by atoms with Gasteiger partial charge in [0.05, 0.1) is 13.2 Å². The second-order valence-corrected chi connectivity index (χ2v) is 4.63. The lowest BCUT2D eigenvalue weighted by atomic mass is 9.96. The van der Waals surface area contributed by atoms with Crippen LogP contribution in [0.3, 0.4) is 0 Å². The molecular weight excluding hydrogens is 212 g/mol. The van der Waals surface area contributed by atoms with Crippen molar-refractivity contribution in [3.63, 3.8) is 0 Å². The van der Waals surface area contributed by atoms with Gasteiger partial charge in [0, 0.05) is 12.7 Å². The van der Waals surface area contributed by atoms with E-state index in [0.717, 1.165) is 25.0 Å². The number of methoxy groups -OCH3 is 2. The van der Waals surface area contributed by atoms with Crippen molar-refractivity contribution in [1.29, 1.82) is 0 Å². The van der Waals surface area contributed by atoms with E-state index >= 15 is 0 Å². The molecule has 1 rings (SSSR count). The summed E-state index contributed by atoms with van der Waals surface area (Å²) in [5.41, 5.74) is 1.20. The molecule has 0 aromatic carbocycles. The lowest BCUT2D eigenvalue weighted by Crippen LogP contribution is -2.03. The van der Waals surface area contributed by atoms with Crippen LogP contribution < -0.4 is 0 Å². The number of hydrogen-bond acceptors (Lipinski definition) is 2. The molecule has 2 heteroatoms. The van der Waals surface area contributed by atoms with Gasteiger partial charge in [0.25, 0.3) is 0 Å². The molecule has 0 aliphatic heterocycles.